The van der Waals surface area contributed by atoms with Crippen molar-refractivity contribution in [3.05, 3.63) is 17.7 Å². The minimum atomic E-state index is -0.885. The first-order chi connectivity index (χ1) is 8.16. The zero-order valence-corrected chi connectivity index (χ0v) is 9.29. The van der Waals surface area contributed by atoms with Crippen molar-refractivity contribution in [1.82, 2.24) is 4.98 Å². The van der Waals surface area contributed by atoms with Crippen LogP contribution >= 0.6 is 0 Å². The molecule has 0 bridgehead atoms. The minimum Gasteiger partial charge on any atom is -0.473 e. The van der Waals surface area contributed by atoms with Gasteiger partial charge in [-0.05, 0) is 19.3 Å². The molecule has 6 heteroatoms. The third-order valence-corrected chi connectivity index (χ3v) is 2.60. The molecule has 0 radical (unpaired) electrons. The topological polar surface area (TPSA) is 57.4 Å². The molecule has 1 saturated heterocycles. The van der Waals surface area contributed by atoms with Crippen molar-refractivity contribution in [1.29, 1.82) is 0 Å². The molecule has 2 heterocycles. The Hall–Kier alpha value is -1.43. The number of hydrogen-bond acceptors (Lipinski definition) is 4. The van der Waals surface area contributed by atoms with E-state index in [-0.39, 0.29) is 24.4 Å². The number of hydrogen-bond donors (Lipinski definition) is 1. The number of anilines is 1. The quantitative estimate of drug-likeness (QED) is 0.882. The van der Waals surface area contributed by atoms with E-state index in [1.807, 2.05) is 0 Å². The molecule has 1 atom stereocenters. The van der Waals surface area contributed by atoms with Crippen LogP contribution in [-0.4, -0.2) is 24.3 Å². The van der Waals surface area contributed by atoms with Gasteiger partial charge in [-0.1, -0.05) is 0 Å². The van der Waals surface area contributed by atoms with E-state index in [9.17, 15) is 8.78 Å². The molecular weight excluding hydrogens is 230 g/mol. The highest BCUT2D eigenvalue weighted by atomic mass is 19.1. The van der Waals surface area contributed by atoms with Gasteiger partial charge < -0.3 is 15.2 Å². The molecule has 1 aromatic rings. The lowest BCUT2D eigenvalue weighted by atomic mass is 10.1. The van der Waals surface area contributed by atoms with Gasteiger partial charge in [0.1, 0.15) is 6.61 Å². The molecule has 94 valence electrons. The number of halogens is 2. The molecule has 0 saturated carbocycles. The van der Waals surface area contributed by atoms with Gasteiger partial charge in [-0.15, -0.1) is 0 Å². The zero-order chi connectivity index (χ0) is 12.3. The summed E-state index contributed by atoms with van der Waals surface area (Å²) in [5, 5.41) is 0. The van der Waals surface area contributed by atoms with Crippen molar-refractivity contribution in [2.24, 2.45) is 0 Å². The van der Waals surface area contributed by atoms with E-state index in [2.05, 4.69) is 4.98 Å². The predicted molar refractivity (Wildman–Crippen MR) is 57.7 cm³/mol. The lowest BCUT2D eigenvalue weighted by Crippen LogP contribution is -2.26. The van der Waals surface area contributed by atoms with Gasteiger partial charge in [0.05, 0.1) is 6.10 Å². The van der Waals surface area contributed by atoms with Crippen LogP contribution in [0.2, 0.25) is 0 Å². The van der Waals surface area contributed by atoms with Gasteiger partial charge >= 0.3 is 0 Å². The molecule has 1 unspecified atom stereocenters. The summed E-state index contributed by atoms with van der Waals surface area (Å²) in [6.45, 7) is 0.893. The maximum Gasteiger partial charge on any atom is 0.252 e. The molecule has 0 spiro atoms. The van der Waals surface area contributed by atoms with Crippen molar-refractivity contribution in [3.8, 4) is 5.88 Å². The van der Waals surface area contributed by atoms with Crippen molar-refractivity contribution in [3.63, 3.8) is 0 Å². The monoisotopic (exact) mass is 244 g/mol. The average molecular weight is 244 g/mol. The van der Waals surface area contributed by atoms with Crippen molar-refractivity contribution < 1.29 is 18.3 Å². The zero-order valence-electron chi connectivity index (χ0n) is 9.29. The highest BCUT2D eigenvalue weighted by molar-refractivity contribution is 5.34. The summed E-state index contributed by atoms with van der Waals surface area (Å²) in [6.07, 6.45) is 2.91. The summed E-state index contributed by atoms with van der Waals surface area (Å²) in [5.74, 6) is -2.39. The van der Waals surface area contributed by atoms with Crippen LogP contribution in [0.1, 0.15) is 19.3 Å². The summed E-state index contributed by atoms with van der Waals surface area (Å²) in [4.78, 5) is 3.51. The molecule has 17 heavy (non-hydrogen) atoms. The van der Waals surface area contributed by atoms with Crippen molar-refractivity contribution in [2.75, 3.05) is 18.9 Å². The molecule has 0 amide bonds. The van der Waals surface area contributed by atoms with Crippen LogP contribution in [0.15, 0.2) is 6.07 Å². The molecule has 0 aliphatic carbocycles. The van der Waals surface area contributed by atoms with E-state index in [0.29, 0.717) is 12.7 Å². The number of nitrogens with zero attached hydrogens (tertiary/aromatic N) is 1. The Bertz CT molecular complexity index is 395. The Kier molecular flexibility index (Phi) is 3.73. The largest absolute Gasteiger partial charge is 0.473 e. The molecule has 1 aromatic heterocycles. The van der Waals surface area contributed by atoms with Crippen LogP contribution in [0.25, 0.3) is 0 Å². The third-order valence-electron chi connectivity index (χ3n) is 2.60. The number of rotatable bonds is 3. The standard InChI is InChI=1S/C11H14F2N2O2/c12-8-5-9(13)11(15-10(8)14)17-6-7-3-1-2-4-16-7/h5,7H,1-4,6H2,(H2,14,15). The smallest absolute Gasteiger partial charge is 0.252 e. The SMILES string of the molecule is Nc1nc(OCC2CCCCO2)c(F)cc1F. The van der Waals surface area contributed by atoms with Crippen LogP contribution < -0.4 is 10.5 Å². The first kappa shape index (κ1) is 12.0. The van der Waals surface area contributed by atoms with Gasteiger partial charge in [0.2, 0.25) is 0 Å². The van der Waals surface area contributed by atoms with Crippen LogP contribution in [0.5, 0.6) is 5.88 Å². The number of nitrogen functional groups attached to an aromatic ring is 1. The van der Waals surface area contributed by atoms with E-state index < -0.39 is 11.6 Å². The van der Waals surface area contributed by atoms with E-state index >= 15 is 0 Å². The van der Waals surface area contributed by atoms with Crippen LogP contribution in [0.4, 0.5) is 14.6 Å². The second-order valence-corrected chi connectivity index (χ2v) is 3.94. The maximum absolute atomic E-state index is 13.3. The Labute approximate surface area is 97.7 Å². The molecular formula is C11H14F2N2O2. The highest BCUT2D eigenvalue weighted by Gasteiger charge is 2.17. The Morgan fingerprint density at radius 1 is 1.41 bits per heavy atom. The minimum absolute atomic E-state index is 0.0590. The fourth-order valence-corrected chi connectivity index (χ4v) is 1.68. The molecule has 4 nitrogen and oxygen atoms in total. The van der Waals surface area contributed by atoms with Gasteiger partial charge in [0, 0.05) is 12.7 Å². The van der Waals surface area contributed by atoms with Gasteiger partial charge in [-0.2, -0.15) is 4.98 Å². The lowest BCUT2D eigenvalue weighted by Gasteiger charge is -2.22. The summed E-state index contributed by atoms with van der Waals surface area (Å²) >= 11 is 0. The normalized spacial score (nSPS) is 20.2. The maximum atomic E-state index is 13.3. The highest BCUT2D eigenvalue weighted by Crippen LogP contribution is 2.20. The number of aromatic nitrogens is 1. The fraction of sp³-hybridized carbons (Fsp3) is 0.545. The van der Waals surface area contributed by atoms with E-state index in [1.54, 1.807) is 0 Å². The third kappa shape index (κ3) is 3.03. The summed E-state index contributed by atoms with van der Waals surface area (Å²) < 4.78 is 36.7. The molecule has 1 aliphatic heterocycles. The summed E-state index contributed by atoms with van der Waals surface area (Å²) in [5.41, 5.74) is 5.23. The second kappa shape index (κ2) is 5.27. The van der Waals surface area contributed by atoms with E-state index in [4.69, 9.17) is 15.2 Å². The van der Waals surface area contributed by atoms with Gasteiger partial charge in [-0.3, -0.25) is 0 Å². The number of ether oxygens (including phenoxy) is 2. The van der Waals surface area contributed by atoms with E-state index in [0.717, 1.165) is 19.3 Å². The fourth-order valence-electron chi connectivity index (χ4n) is 1.68. The van der Waals surface area contributed by atoms with Gasteiger partial charge in [0.25, 0.3) is 5.88 Å². The summed E-state index contributed by atoms with van der Waals surface area (Å²) in [7, 11) is 0. The first-order valence-corrected chi connectivity index (χ1v) is 5.52. The van der Waals surface area contributed by atoms with Gasteiger partial charge in [0.15, 0.2) is 17.5 Å². The molecule has 1 fully saturated rings. The summed E-state index contributed by atoms with van der Waals surface area (Å²) in [6, 6.07) is 0.666. The number of nitrogens with two attached hydrogens (primary N) is 1. The number of pyridine rings is 1. The van der Waals surface area contributed by atoms with Crippen molar-refractivity contribution in [2.45, 2.75) is 25.4 Å². The van der Waals surface area contributed by atoms with E-state index in [1.165, 1.54) is 0 Å². The first-order valence-electron chi connectivity index (χ1n) is 5.52. The Morgan fingerprint density at radius 3 is 2.94 bits per heavy atom. The molecule has 0 aromatic carbocycles. The second-order valence-electron chi connectivity index (χ2n) is 3.94. The van der Waals surface area contributed by atoms with Crippen LogP contribution in [0.3, 0.4) is 0 Å². The van der Waals surface area contributed by atoms with Gasteiger partial charge in [-0.25, -0.2) is 8.78 Å². The molecule has 1 aliphatic rings. The van der Waals surface area contributed by atoms with Crippen molar-refractivity contribution >= 4 is 5.82 Å². The lowest BCUT2D eigenvalue weighted by molar-refractivity contribution is -0.0126. The average Bonchev–Trinajstić information content (AvgIpc) is 2.33. The predicted octanol–water partition coefficient (Wildman–Crippen LogP) is 1.89. The Balaban J connectivity index is 1.96. The van der Waals surface area contributed by atoms with Crippen LogP contribution in [-0.2, 0) is 4.74 Å². The molecule has 2 rings (SSSR count). The Morgan fingerprint density at radius 2 is 2.24 bits per heavy atom. The van der Waals surface area contributed by atoms with Crippen LogP contribution in [0, 0.1) is 11.6 Å². The molecule has 2 N–H and O–H groups in total.